The Balaban J connectivity index is 1.74. The van der Waals surface area contributed by atoms with Crippen molar-refractivity contribution in [3.05, 3.63) is 30.1 Å². The van der Waals surface area contributed by atoms with E-state index in [0.29, 0.717) is 6.54 Å². The minimum atomic E-state index is -0.828. The number of benzene rings is 1. The highest BCUT2D eigenvalue weighted by Crippen LogP contribution is 2.15. The summed E-state index contributed by atoms with van der Waals surface area (Å²) in [6.07, 6.45) is 0. The average Bonchev–Trinajstić information content (AvgIpc) is 2.90. The van der Waals surface area contributed by atoms with Gasteiger partial charge in [-0.2, -0.15) is 0 Å². The molecular weight excluding hydrogens is 283 g/mol. The van der Waals surface area contributed by atoms with Crippen molar-refractivity contribution in [3.63, 3.8) is 0 Å². The predicted molar refractivity (Wildman–Crippen MR) is 68.0 cm³/mol. The number of imide groups is 1. The van der Waals surface area contributed by atoms with E-state index < -0.39 is 36.9 Å². The van der Waals surface area contributed by atoms with E-state index in [1.165, 1.54) is 18.2 Å². The highest BCUT2D eigenvalue weighted by molar-refractivity contribution is 5.96. The Morgan fingerprint density at radius 3 is 2.71 bits per heavy atom. The van der Waals surface area contributed by atoms with Crippen LogP contribution in [-0.4, -0.2) is 49.1 Å². The lowest BCUT2D eigenvalue weighted by atomic mass is 10.3. The minimum absolute atomic E-state index is 0.0836. The number of hydrogen-bond donors (Lipinski definition) is 1. The van der Waals surface area contributed by atoms with Crippen molar-refractivity contribution in [3.8, 4) is 5.75 Å². The number of halogens is 1. The molecule has 1 aromatic rings. The van der Waals surface area contributed by atoms with E-state index in [0.717, 1.165) is 4.90 Å². The van der Waals surface area contributed by atoms with Crippen LogP contribution in [0.25, 0.3) is 0 Å². The van der Waals surface area contributed by atoms with Crippen LogP contribution in [0.3, 0.4) is 0 Å². The lowest BCUT2D eigenvalue weighted by Gasteiger charge is -2.12. The minimum Gasteiger partial charge on any atom is -0.479 e. The first-order valence-electron chi connectivity index (χ1n) is 6.19. The van der Waals surface area contributed by atoms with Crippen LogP contribution in [-0.2, 0) is 14.3 Å². The molecule has 0 radical (unpaired) electrons. The maximum absolute atomic E-state index is 13.2. The van der Waals surface area contributed by atoms with Gasteiger partial charge in [-0.05, 0) is 12.1 Å². The van der Waals surface area contributed by atoms with Gasteiger partial charge in [-0.3, -0.25) is 9.69 Å². The third-order valence-corrected chi connectivity index (χ3v) is 2.70. The van der Waals surface area contributed by atoms with Gasteiger partial charge in [0.2, 0.25) is 0 Å². The molecule has 1 aliphatic heterocycles. The van der Waals surface area contributed by atoms with E-state index in [1.807, 2.05) is 0 Å². The molecule has 0 spiro atoms. The molecule has 0 unspecified atom stereocenters. The molecule has 0 atom stereocenters. The molecule has 1 aliphatic rings. The number of nitrogens with zero attached hydrogens (tertiary/aromatic N) is 1. The molecule has 8 heteroatoms. The molecule has 1 aromatic carbocycles. The molecule has 2 rings (SSSR count). The number of nitrogens with one attached hydrogen (secondary N) is 1. The Bertz CT molecular complexity index is 563. The van der Waals surface area contributed by atoms with Crippen molar-refractivity contribution in [2.24, 2.45) is 0 Å². The Morgan fingerprint density at radius 2 is 2.05 bits per heavy atom. The van der Waals surface area contributed by atoms with Crippen molar-refractivity contribution in [2.45, 2.75) is 0 Å². The van der Waals surface area contributed by atoms with Crippen LogP contribution in [0.5, 0.6) is 5.75 Å². The van der Waals surface area contributed by atoms with Crippen LogP contribution in [0.4, 0.5) is 9.18 Å². The normalized spacial score (nSPS) is 13.8. The zero-order valence-corrected chi connectivity index (χ0v) is 11.0. The standard InChI is InChI=1S/C13H13FN2O5/c14-9-3-1-2-4-10(9)20-8-12(18)21-7-11(17)16-6-5-15-13(16)19/h1-4H,5-8H2,(H,15,19). The quantitative estimate of drug-likeness (QED) is 0.790. The first kappa shape index (κ1) is 14.8. The highest BCUT2D eigenvalue weighted by atomic mass is 19.1. The molecule has 0 bridgehead atoms. The summed E-state index contributed by atoms with van der Waals surface area (Å²) in [5.74, 6) is -2.13. The first-order valence-corrected chi connectivity index (χ1v) is 6.19. The zero-order chi connectivity index (χ0) is 15.2. The summed E-state index contributed by atoms with van der Waals surface area (Å²) in [7, 11) is 0. The molecule has 1 N–H and O–H groups in total. The molecule has 1 saturated heterocycles. The fourth-order valence-corrected chi connectivity index (χ4v) is 1.67. The van der Waals surface area contributed by atoms with E-state index in [1.54, 1.807) is 6.07 Å². The number of esters is 1. The maximum atomic E-state index is 13.2. The summed E-state index contributed by atoms with van der Waals surface area (Å²) in [5, 5.41) is 2.45. The van der Waals surface area contributed by atoms with Crippen molar-refractivity contribution in [1.82, 2.24) is 10.2 Å². The van der Waals surface area contributed by atoms with E-state index >= 15 is 0 Å². The van der Waals surface area contributed by atoms with Gasteiger partial charge in [-0.25, -0.2) is 14.0 Å². The first-order chi connectivity index (χ1) is 10.1. The van der Waals surface area contributed by atoms with Crippen LogP contribution < -0.4 is 10.1 Å². The molecule has 21 heavy (non-hydrogen) atoms. The smallest absolute Gasteiger partial charge is 0.344 e. The van der Waals surface area contributed by atoms with Gasteiger partial charge in [0.15, 0.2) is 24.8 Å². The number of rotatable bonds is 5. The molecule has 1 fully saturated rings. The van der Waals surface area contributed by atoms with Crippen LogP contribution in [0, 0.1) is 5.82 Å². The van der Waals surface area contributed by atoms with Gasteiger partial charge in [-0.15, -0.1) is 0 Å². The second-order valence-corrected chi connectivity index (χ2v) is 4.16. The fraction of sp³-hybridized carbons (Fsp3) is 0.308. The Hall–Kier alpha value is -2.64. The average molecular weight is 296 g/mol. The number of ether oxygens (including phenoxy) is 2. The molecule has 112 valence electrons. The topological polar surface area (TPSA) is 84.9 Å². The van der Waals surface area contributed by atoms with Crippen molar-refractivity contribution in [2.75, 3.05) is 26.3 Å². The van der Waals surface area contributed by atoms with Crippen molar-refractivity contribution >= 4 is 17.9 Å². The maximum Gasteiger partial charge on any atom is 0.344 e. The van der Waals surface area contributed by atoms with Gasteiger partial charge in [-0.1, -0.05) is 12.1 Å². The SMILES string of the molecule is O=C(COc1ccccc1F)OCC(=O)N1CCNC1=O. The third kappa shape index (κ3) is 3.91. The van der Waals surface area contributed by atoms with Gasteiger partial charge in [0.05, 0.1) is 0 Å². The zero-order valence-electron chi connectivity index (χ0n) is 11.0. The highest BCUT2D eigenvalue weighted by Gasteiger charge is 2.26. The van der Waals surface area contributed by atoms with Crippen molar-refractivity contribution in [1.29, 1.82) is 0 Å². The third-order valence-electron chi connectivity index (χ3n) is 2.70. The van der Waals surface area contributed by atoms with Gasteiger partial charge in [0.1, 0.15) is 0 Å². The molecule has 1 heterocycles. The number of urea groups is 1. The Labute approximate surface area is 119 Å². The number of carbonyl (C=O) groups is 3. The van der Waals surface area contributed by atoms with Gasteiger partial charge >= 0.3 is 12.0 Å². The number of para-hydroxylation sites is 1. The monoisotopic (exact) mass is 296 g/mol. The fourth-order valence-electron chi connectivity index (χ4n) is 1.67. The summed E-state index contributed by atoms with van der Waals surface area (Å²) in [4.78, 5) is 35.1. The molecule has 0 aromatic heterocycles. The second kappa shape index (κ2) is 6.69. The van der Waals surface area contributed by atoms with Crippen LogP contribution in [0.15, 0.2) is 24.3 Å². The summed E-state index contributed by atoms with van der Waals surface area (Å²) >= 11 is 0. The van der Waals surface area contributed by atoms with E-state index in [-0.39, 0.29) is 12.3 Å². The van der Waals surface area contributed by atoms with Crippen LogP contribution in [0.2, 0.25) is 0 Å². The summed E-state index contributed by atoms with van der Waals surface area (Å²) in [6.45, 7) is -0.483. The summed E-state index contributed by atoms with van der Waals surface area (Å²) in [6, 6.07) is 5.08. The van der Waals surface area contributed by atoms with Crippen LogP contribution >= 0.6 is 0 Å². The van der Waals surface area contributed by atoms with E-state index in [2.05, 4.69) is 10.1 Å². The van der Waals surface area contributed by atoms with E-state index in [4.69, 9.17) is 4.74 Å². The van der Waals surface area contributed by atoms with Crippen molar-refractivity contribution < 1.29 is 28.2 Å². The molecule has 0 saturated carbocycles. The van der Waals surface area contributed by atoms with Gasteiger partial charge in [0.25, 0.3) is 5.91 Å². The number of carbonyl (C=O) groups excluding carboxylic acids is 3. The Kier molecular flexibility index (Phi) is 4.70. The van der Waals surface area contributed by atoms with Gasteiger partial charge < -0.3 is 14.8 Å². The summed E-state index contributed by atoms with van der Waals surface area (Å²) in [5.41, 5.74) is 0. The molecule has 3 amide bonds. The van der Waals surface area contributed by atoms with E-state index in [9.17, 15) is 18.8 Å². The lowest BCUT2D eigenvalue weighted by Crippen LogP contribution is -2.37. The number of amides is 3. The number of hydrogen-bond acceptors (Lipinski definition) is 5. The predicted octanol–water partition coefficient (Wildman–Crippen LogP) is 0.299. The molecule has 0 aliphatic carbocycles. The Morgan fingerprint density at radius 1 is 1.29 bits per heavy atom. The molecule has 7 nitrogen and oxygen atoms in total. The summed E-state index contributed by atoms with van der Waals surface area (Å²) < 4.78 is 22.8. The largest absolute Gasteiger partial charge is 0.479 e. The van der Waals surface area contributed by atoms with Crippen LogP contribution in [0.1, 0.15) is 0 Å². The van der Waals surface area contributed by atoms with Gasteiger partial charge in [0, 0.05) is 13.1 Å². The second-order valence-electron chi connectivity index (χ2n) is 4.16. The molecular formula is C13H13FN2O5. The lowest BCUT2D eigenvalue weighted by molar-refractivity contribution is -0.152.